The van der Waals surface area contributed by atoms with Gasteiger partial charge in [-0.3, -0.25) is 0 Å². The minimum Gasteiger partial charge on any atom is -0.683 e. The first kappa shape index (κ1) is 59.8. The van der Waals surface area contributed by atoms with Crippen molar-refractivity contribution in [3.63, 3.8) is 0 Å². The van der Waals surface area contributed by atoms with Gasteiger partial charge in [0.15, 0.2) is 0 Å². The molecule has 364 valence electrons. The minimum absolute atomic E-state index is 0. The van der Waals surface area contributed by atoms with E-state index in [0.717, 1.165) is 113 Å². The molecule has 0 radical (unpaired) electrons. The average molecular weight is 1010 g/mol. The second-order valence-electron chi connectivity index (χ2n) is 19.0. The zero-order valence-corrected chi connectivity index (χ0v) is 47.6. The van der Waals surface area contributed by atoms with Crippen molar-refractivity contribution >= 4 is 34.1 Å². The fourth-order valence-electron chi connectivity index (χ4n) is 8.85. The van der Waals surface area contributed by atoms with E-state index in [9.17, 15) is 0 Å². The summed E-state index contributed by atoms with van der Waals surface area (Å²) in [5, 5.41) is 29.1. The normalized spacial score (nSPS) is 10.7. The van der Waals surface area contributed by atoms with E-state index in [4.69, 9.17) is 31.9 Å². The molecule has 0 bridgehead atoms. The van der Waals surface area contributed by atoms with E-state index >= 15 is 0 Å². The first-order valence-electron chi connectivity index (χ1n) is 24.5. The molecule has 70 heavy (non-hydrogen) atoms. The summed E-state index contributed by atoms with van der Waals surface area (Å²) in [5.74, 6) is 0. The van der Waals surface area contributed by atoms with Crippen molar-refractivity contribution in [1.82, 2.24) is 9.80 Å². The van der Waals surface area contributed by atoms with E-state index in [2.05, 4.69) is 202 Å². The molecule has 6 aromatic carbocycles. The summed E-state index contributed by atoms with van der Waals surface area (Å²) in [4.78, 5) is 4.87. The zero-order valence-electron chi connectivity index (χ0n) is 44.5. The van der Waals surface area contributed by atoms with Crippen LogP contribution in [-0.4, -0.2) is 88.3 Å². The maximum Gasteiger partial charge on any atom is 4.00 e. The van der Waals surface area contributed by atoms with Gasteiger partial charge in [-0.15, -0.1) is 73.4 Å². The van der Waals surface area contributed by atoms with Crippen molar-refractivity contribution in [3.05, 3.63) is 208 Å². The molecule has 8 nitrogen and oxygen atoms in total. The van der Waals surface area contributed by atoms with Gasteiger partial charge in [-0.2, -0.15) is 0 Å². The van der Waals surface area contributed by atoms with Crippen LogP contribution in [0.15, 0.2) is 109 Å². The molecule has 0 atom stereocenters. The van der Waals surface area contributed by atoms with E-state index in [1.807, 2.05) is 0 Å². The quantitative estimate of drug-likeness (QED) is 0.0565. The Kier molecular flexibility index (Phi) is 26.5. The van der Waals surface area contributed by atoms with Crippen LogP contribution in [0.3, 0.4) is 0 Å². The Morgan fingerprint density at radius 1 is 0.214 bits per heavy atom. The van der Waals surface area contributed by atoms with Gasteiger partial charge in [0.1, 0.15) is 0 Å². The molecule has 0 aliphatic rings. The molecule has 0 N–H and O–H groups in total. The Morgan fingerprint density at radius 2 is 0.329 bits per heavy atom. The van der Waals surface area contributed by atoms with Crippen LogP contribution in [-0.2, 0) is 43.4 Å². The van der Waals surface area contributed by atoms with Gasteiger partial charge >= 0.3 is 43.4 Å². The molecule has 0 amide bonds. The van der Waals surface area contributed by atoms with Crippen molar-refractivity contribution in [3.8, 4) is 0 Å². The third-order valence-corrected chi connectivity index (χ3v) is 11.5. The van der Waals surface area contributed by atoms with Crippen LogP contribution < -0.4 is 0 Å². The topological polar surface area (TPSA) is 91.1 Å². The molecule has 0 saturated heterocycles. The van der Waals surface area contributed by atoms with E-state index in [1.165, 1.54) is 66.8 Å². The molecule has 10 heteroatoms. The average Bonchev–Trinajstić information content (AvgIpc) is 3.21. The number of hydrogen-bond donors (Lipinski definition) is 0. The fraction of sp³-hybridized carbons (Fsp3) is 0.400. The number of hydrogen-bond acceptors (Lipinski definition) is 2. The molecule has 0 aliphatic carbocycles. The van der Waals surface area contributed by atoms with Crippen LogP contribution in [0.1, 0.15) is 66.8 Å². The van der Waals surface area contributed by atoms with E-state index < -0.39 is 0 Å². The molecule has 0 saturated carbocycles. The second-order valence-corrected chi connectivity index (χ2v) is 19.0. The summed E-state index contributed by atoms with van der Waals surface area (Å²) in [6, 6.07) is 39.0. The van der Waals surface area contributed by atoms with Gasteiger partial charge in [-0.25, -0.2) is 0 Å². The maximum absolute atomic E-state index is 4.84. The van der Waals surface area contributed by atoms with Crippen LogP contribution >= 0.6 is 0 Å². The number of benzene rings is 6. The summed E-state index contributed by atoms with van der Waals surface area (Å²) in [6.45, 7) is 35.6. The third kappa shape index (κ3) is 23.1. The first-order chi connectivity index (χ1) is 32.5. The van der Waals surface area contributed by atoms with Crippen molar-refractivity contribution in [2.75, 3.05) is 78.5 Å². The molecule has 6 rings (SSSR count). The second kappa shape index (κ2) is 31.0. The van der Waals surface area contributed by atoms with Gasteiger partial charge in [0.25, 0.3) is 0 Å². The van der Waals surface area contributed by atoms with Gasteiger partial charge in [-0.1, -0.05) is 176 Å². The van der Waals surface area contributed by atoms with Crippen molar-refractivity contribution in [2.45, 2.75) is 83.1 Å². The van der Waals surface area contributed by atoms with Crippen LogP contribution in [0, 0.1) is 83.1 Å². The molecule has 0 spiro atoms. The predicted molar refractivity (Wildman–Crippen MR) is 296 cm³/mol. The van der Waals surface area contributed by atoms with E-state index in [-0.39, 0.29) is 43.4 Å². The third-order valence-electron chi connectivity index (χ3n) is 11.5. The summed E-state index contributed by atoms with van der Waals surface area (Å²) >= 11 is 0. The Labute approximate surface area is 453 Å². The van der Waals surface area contributed by atoms with Crippen LogP contribution in [0.2, 0.25) is 0 Å². The Balaban J connectivity index is 0.000000360. The first-order valence-corrected chi connectivity index (χ1v) is 24.5. The maximum atomic E-state index is 4.84. The van der Waals surface area contributed by atoms with Crippen LogP contribution in [0.4, 0.5) is 34.1 Å². The zero-order chi connectivity index (χ0) is 49.0. The largest absolute Gasteiger partial charge is 4.00 e. The SMILES string of the molecule is Cc1cc(C)cc([N-]CCN(CC[N-]c2cc(C)cc(C)c2)CC[N-]c2cc(C)cc(C)c2)c1.Cc1cc(C)cc([N-]CCN(CC[N-]c2cc(C)cc(C)c2)CC[N-]c2cc(C)cc(C)c2)c1.[Ti+4].[Ti+4]. The molecule has 0 unspecified atom stereocenters. The monoisotopic (exact) mass is 1010 g/mol. The molecule has 0 fully saturated rings. The summed E-state index contributed by atoms with van der Waals surface area (Å²) in [5.41, 5.74) is 21.5. The predicted octanol–water partition coefficient (Wildman–Crippen LogP) is 16.5. The van der Waals surface area contributed by atoms with Crippen LogP contribution in [0.5, 0.6) is 0 Å². The number of nitrogens with zero attached hydrogens (tertiary/aromatic N) is 8. The van der Waals surface area contributed by atoms with Gasteiger partial charge in [0.2, 0.25) is 0 Å². The summed E-state index contributed by atoms with van der Waals surface area (Å²) in [7, 11) is 0. The molecular formula is C60H78N8Ti2+2. The van der Waals surface area contributed by atoms with Gasteiger partial charge in [0, 0.05) is 0 Å². The molecule has 0 heterocycles. The Hall–Kier alpha value is -4.53. The smallest absolute Gasteiger partial charge is 0.683 e. The van der Waals surface area contributed by atoms with Gasteiger partial charge in [0.05, 0.1) is 0 Å². The number of rotatable bonds is 24. The van der Waals surface area contributed by atoms with E-state index in [0.29, 0.717) is 0 Å². The standard InChI is InChI=1S/2C30H39N4.2Ti/c2*1-22-13-23(2)17-28(16-22)31-7-10-34(11-8-32-29-18-24(3)14-25(4)19-29)12-9-33-30-20-26(5)15-27(6)21-30;;/h2*13-21H,7-12H2,1-6H3;;/q2*-3;2*+4. The molecule has 6 aromatic rings. The molecule has 0 aromatic heterocycles. The van der Waals surface area contributed by atoms with Crippen molar-refractivity contribution in [1.29, 1.82) is 0 Å². The minimum atomic E-state index is 0. The van der Waals surface area contributed by atoms with E-state index in [1.54, 1.807) is 0 Å². The van der Waals surface area contributed by atoms with Crippen molar-refractivity contribution < 1.29 is 43.4 Å². The fourth-order valence-corrected chi connectivity index (χ4v) is 8.85. The van der Waals surface area contributed by atoms with Crippen LogP contribution in [0.25, 0.3) is 31.9 Å². The summed E-state index contributed by atoms with van der Waals surface area (Å²) < 4.78 is 0. The Morgan fingerprint density at radius 3 is 0.443 bits per heavy atom. The molecule has 0 aliphatic heterocycles. The molecular weight excluding hydrogens is 928 g/mol. The van der Waals surface area contributed by atoms with Crippen molar-refractivity contribution in [2.24, 2.45) is 0 Å². The number of aryl methyl sites for hydroxylation is 12. The van der Waals surface area contributed by atoms with Gasteiger partial charge in [-0.05, 0) is 122 Å². The van der Waals surface area contributed by atoms with Gasteiger partial charge < -0.3 is 41.7 Å². The Bertz CT molecular complexity index is 1940. The summed E-state index contributed by atoms with van der Waals surface area (Å²) in [6.07, 6.45) is 0.